The fourth-order valence-electron chi connectivity index (χ4n) is 2.82. The van der Waals surface area contributed by atoms with Gasteiger partial charge in [0.2, 0.25) is 5.88 Å². The summed E-state index contributed by atoms with van der Waals surface area (Å²) >= 11 is 0. The molecule has 28 heavy (non-hydrogen) atoms. The van der Waals surface area contributed by atoms with E-state index in [-0.39, 0.29) is 12.1 Å². The Morgan fingerprint density at radius 2 is 1.75 bits per heavy atom. The molecule has 138 valence electrons. The van der Waals surface area contributed by atoms with Crippen LogP contribution in [0.15, 0.2) is 69.7 Å². The van der Waals surface area contributed by atoms with E-state index in [4.69, 9.17) is 0 Å². The summed E-state index contributed by atoms with van der Waals surface area (Å²) in [5.41, 5.74) is 1.91. The molecule has 0 radical (unpaired) electrons. The predicted octanol–water partition coefficient (Wildman–Crippen LogP) is 2.28. The van der Waals surface area contributed by atoms with Gasteiger partial charge < -0.3 is 5.11 Å². The molecule has 0 atom stereocenters. The molecule has 2 heterocycles. The highest BCUT2D eigenvalue weighted by Gasteiger charge is 2.11. The van der Waals surface area contributed by atoms with Crippen LogP contribution in [-0.2, 0) is 6.54 Å². The Balaban J connectivity index is 1.77. The fourth-order valence-corrected chi connectivity index (χ4v) is 2.82. The lowest BCUT2D eigenvalue weighted by Crippen LogP contribution is -2.31. The summed E-state index contributed by atoms with van der Waals surface area (Å²) in [6, 6.07) is 12.8. The van der Waals surface area contributed by atoms with Gasteiger partial charge in [-0.2, -0.15) is 0 Å². The van der Waals surface area contributed by atoms with Crippen LogP contribution in [0, 0.1) is 0 Å². The molecule has 2 aromatic carbocycles. The molecule has 0 bridgehead atoms. The predicted molar refractivity (Wildman–Crippen MR) is 107 cm³/mol. The third kappa shape index (κ3) is 3.07. The number of nitrogens with one attached hydrogen (secondary N) is 1. The quantitative estimate of drug-likeness (QED) is 0.324. The summed E-state index contributed by atoms with van der Waals surface area (Å²) in [5.74, 6) is -0.469. The maximum absolute atomic E-state index is 12.0. The number of H-pyrrole nitrogens is 1. The van der Waals surface area contributed by atoms with Crippen molar-refractivity contribution in [3.8, 4) is 5.88 Å². The molecule has 0 aliphatic carbocycles. The van der Waals surface area contributed by atoms with E-state index in [0.717, 1.165) is 21.1 Å². The first-order chi connectivity index (χ1) is 13.6. The zero-order valence-corrected chi connectivity index (χ0v) is 14.7. The van der Waals surface area contributed by atoms with E-state index in [0.29, 0.717) is 11.2 Å². The molecular formula is C20H15N5O3. The van der Waals surface area contributed by atoms with Crippen LogP contribution in [0.3, 0.4) is 0 Å². The Kier molecular flexibility index (Phi) is 4.29. The number of aromatic hydroxyl groups is 1. The van der Waals surface area contributed by atoms with E-state index in [9.17, 15) is 14.7 Å². The molecule has 0 unspecified atom stereocenters. The summed E-state index contributed by atoms with van der Waals surface area (Å²) in [6.07, 6.45) is 2.65. The Hall–Kier alpha value is -4.07. The van der Waals surface area contributed by atoms with Crippen LogP contribution in [0.4, 0.5) is 5.69 Å². The first-order valence-corrected chi connectivity index (χ1v) is 8.44. The zero-order chi connectivity index (χ0) is 19.7. The molecule has 0 aliphatic heterocycles. The standard InChI is InChI=1S/C20H15N5O3/c1-2-9-25-19(27)13(18(26)24-20(25)28)11-21-12-7-8-16-17(10-12)23-15-6-4-3-5-14(15)22-16/h2-8,10-11,27H,1,9H2,(H,24,26,28). The van der Waals surface area contributed by atoms with Crippen LogP contribution >= 0.6 is 0 Å². The van der Waals surface area contributed by atoms with Crippen molar-refractivity contribution < 1.29 is 5.11 Å². The van der Waals surface area contributed by atoms with Crippen LogP contribution in [0.1, 0.15) is 5.56 Å². The van der Waals surface area contributed by atoms with Gasteiger partial charge >= 0.3 is 5.69 Å². The van der Waals surface area contributed by atoms with Crippen molar-refractivity contribution in [1.29, 1.82) is 0 Å². The molecule has 4 rings (SSSR count). The van der Waals surface area contributed by atoms with Crippen LogP contribution in [0.5, 0.6) is 5.88 Å². The Morgan fingerprint density at radius 1 is 1.07 bits per heavy atom. The number of rotatable bonds is 4. The zero-order valence-electron chi connectivity index (χ0n) is 14.7. The molecule has 8 nitrogen and oxygen atoms in total. The lowest BCUT2D eigenvalue weighted by atomic mass is 10.2. The number of allylic oxidation sites excluding steroid dienone is 1. The molecular weight excluding hydrogens is 358 g/mol. The second-order valence-corrected chi connectivity index (χ2v) is 6.04. The van der Waals surface area contributed by atoms with E-state index in [1.54, 1.807) is 18.2 Å². The van der Waals surface area contributed by atoms with Crippen molar-refractivity contribution >= 4 is 34.0 Å². The fraction of sp³-hybridized carbons (Fsp3) is 0.0500. The number of para-hydroxylation sites is 2. The Bertz CT molecular complexity index is 1370. The minimum Gasteiger partial charge on any atom is -0.494 e. The Morgan fingerprint density at radius 3 is 2.46 bits per heavy atom. The molecule has 0 amide bonds. The first-order valence-electron chi connectivity index (χ1n) is 8.44. The third-order valence-electron chi connectivity index (χ3n) is 4.18. The maximum Gasteiger partial charge on any atom is 0.331 e. The van der Waals surface area contributed by atoms with Crippen molar-refractivity contribution in [3.05, 3.63) is 81.5 Å². The second-order valence-electron chi connectivity index (χ2n) is 6.04. The number of aliphatic imine (C=N–C) groups is 1. The van der Waals surface area contributed by atoms with Gasteiger partial charge in [0.1, 0.15) is 5.56 Å². The molecule has 0 fully saturated rings. The minimum absolute atomic E-state index is 0.0565. The van der Waals surface area contributed by atoms with Gasteiger partial charge in [0.05, 0.1) is 27.8 Å². The summed E-state index contributed by atoms with van der Waals surface area (Å²) in [5, 5.41) is 10.2. The number of aromatic amines is 1. The van der Waals surface area contributed by atoms with Gasteiger partial charge in [0.25, 0.3) is 5.56 Å². The number of hydrogen-bond donors (Lipinski definition) is 2. The number of hydrogen-bond acceptors (Lipinski definition) is 6. The highest BCUT2D eigenvalue weighted by atomic mass is 16.3. The average Bonchev–Trinajstić information content (AvgIpc) is 2.69. The summed E-state index contributed by atoms with van der Waals surface area (Å²) in [4.78, 5) is 39.3. The Labute approximate surface area is 158 Å². The van der Waals surface area contributed by atoms with Crippen molar-refractivity contribution in [1.82, 2.24) is 19.5 Å². The molecule has 2 aromatic heterocycles. The van der Waals surface area contributed by atoms with Crippen molar-refractivity contribution in [2.45, 2.75) is 6.54 Å². The van der Waals surface area contributed by atoms with Crippen LogP contribution in [0.2, 0.25) is 0 Å². The largest absolute Gasteiger partial charge is 0.494 e. The summed E-state index contributed by atoms with van der Waals surface area (Å²) < 4.78 is 0.994. The van der Waals surface area contributed by atoms with E-state index in [1.165, 1.54) is 12.3 Å². The number of fused-ring (bicyclic) bond motifs is 2. The van der Waals surface area contributed by atoms with Crippen LogP contribution in [-0.4, -0.2) is 30.8 Å². The maximum atomic E-state index is 12.0. The van der Waals surface area contributed by atoms with E-state index < -0.39 is 17.1 Å². The van der Waals surface area contributed by atoms with Crippen molar-refractivity contribution in [3.63, 3.8) is 0 Å². The first kappa shape index (κ1) is 17.3. The van der Waals surface area contributed by atoms with Gasteiger partial charge in [-0.25, -0.2) is 14.8 Å². The normalized spacial score (nSPS) is 11.4. The highest BCUT2D eigenvalue weighted by Crippen LogP contribution is 2.21. The van der Waals surface area contributed by atoms with Gasteiger partial charge in [-0.15, -0.1) is 6.58 Å². The third-order valence-corrected chi connectivity index (χ3v) is 4.18. The molecule has 0 saturated heterocycles. The monoisotopic (exact) mass is 373 g/mol. The molecule has 0 saturated carbocycles. The van der Waals surface area contributed by atoms with E-state index >= 15 is 0 Å². The van der Waals surface area contributed by atoms with Crippen LogP contribution in [0.25, 0.3) is 22.1 Å². The average molecular weight is 373 g/mol. The molecule has 2 N–H and O–H groups in total. The van der Waals surface area contributed by atoms with Crippen molar-refractivity contribution in [2.24, 2.45) is 4.99 Å². The molecule has 4 aromatic rings. The van der Waals surface area contributed by atoms with Gasteiger partial charge in [-0.05, 0) is 30.3 Å². The molecule has 0 aliphatic rings. The smallest absolute Gasteiger partial charge is 0.331 e. The molecule has 8 heteroatoms. The van der Waals surface area contributed by atoms with Crippen LogP contribution < -0.4 is 11.2 Å². The number of benzene rings is 2. The van der Waals surface area contributed by atoms with Crippen molar-refractivity contribution in [2.75, 3.05) is 0 Å². The second kappa shape index (κ2) is 6.92. The summed E-state index contributed by atoms with van der Waals surface area (Å²) in [6.45, 7) is 3.58. The molecule has 0 spiro atoms. The summed E-state index contributed by atoms with van der Waals surface area (Å²) in [7, 11) is 0. The minimum atomic E-state index is -0.724. The highest BCUT2D eigenvalue weighted by molar-refractivity contribution is 5.89. The van der Waals surface area contributed by atoms with Gasteiger partial charge in [0, 0.05) is 12.8 Å². The number of nitrogens with zero attached hydrogens (tertiary/aromatic N) is 4. The van der Waals surface area contributed by atoms with Gasteiger partial charge in [-0.1, -0.05) is 18.2 Å². The number of aromatic nitrogens is 4. The van der Waals surface area contributed by atoms with E-state index in [1.807, 2.05) is 24.3 Å². The van der Waals surface area contributed by atoms with Gasteiger partial charge in [-0.3, -0.25) is 19.3 Å². The lowest BCUT2D eigenvalue weighted by molar-refractivity contribution is 0.410. The topological polar surface area (TPSA) is 113 Å². The SMILES string of the molecule is C=CCn1c(O)c(C=Nc2ccc3nc4ccccc4nc3c2)c(=O)[nH]c1=O. The van der Waals surface area contributed by atoms with E-state index in [2.05, 4.69) is 26.5 Å². The lowest BCUT2D eigenvalue weighted by Gasteiger charge is -2.06. The van der Waals surface area contributed by atoms with Gasteiger partial charge in [0.15, 0.2) is 0 Å².